The second kappa shape index (κ2) is 19.0. The minimum absolute atomic E-state index is 0.283. The number of carboxylic acids is 1. The third kappa shape index (κ3) is 19.9. The van der Waals surface area contributed by atoms with Crippen molar-refractivity contribution in [1.29, 1.82) is 0 Å². The molecular weight excluding hydrogens is 296 g/mol. The third-order valence-electron chi connectivity index (χ3n) is 3.24. The van der Waals surface area contributed by atoms with Crippen LogP contribution in [0.25, 0.3) is 0 Å². The van der Waals surface area contributed by atoms with Gasteiger partial charge < -0.3 is 5.11 Å². The lowest BCUT2D eigenvalue weighted by Crippen LogP contribution is -1.93. The molecule has 0 saturated carbocycles. The van der Waals surface area contributed by atoms with E-state index in [1.54, 1.807) is 0 Å². The highest BCUT2D eigenvalue weighted by Crippen LogP contribution is 2.03. The first kappa shape index (κ1) is 21.9. The zero-order chi connectivity index (χ0) is 17.7. The molecule has 0 aliphatic heterocycles. The van der Waals surface area contributed by atoms with Gasteiger partial charge in [-0.3, -0.25) is 4.79 Å². The topological polar surface area (TPSA) is 37.3 Å². The normalized spacial score (nSPS) is 11.7. The van der Waals surface area contributed by atoms with E-state index in [0.717, 1.165) is 51.4 Å². The summed E-state index contributed by atoms with van der Waals surface area (Å²) >= 11 is 0. The summed E-state index contributed by atoms with van der Waals surface area (Å²) in [4.78, 5) is 10.3. The lowest BCUT2D eigenvalue weighted by molar-refractivity contribution is -0.137. The summed E-state index contributed by atoms with van der Waals surface area (Å²) < 4.78 is 0. The summed E-state index contributed by atoms with van der Waals surface area (Å²) in [7, 11) is 0. The van der Waals surface area contributed by atoms with Gasteiger partial charge in [0.1, 0.15) is 0 Å². The van der Waals surface area contributed by atoms with Crippen LogP contribution < -0.4 is 0 Å². The van der Waals surface area contributed by atoms with Gasteiger partial charge in [-0.1, -0.05) is 62.0 Å². The summed E-state index contributed by atoms with van der Waals surface area (Å²) in [5.41, 5.74) is 3.13. The lowest BCUT2D eigenvalue weighted by atomic mass is 10.1. The molecule has 2 heteroatoms. The molecular formula is C22H32O2. The van der Waals surface area contributed by atoms with Gasteiger partial charge in [0, 0.05) is 6.42 Å². The van der Waals surface area contributed by atoms with Gasteiger partial charge in [0.25, 0.3) is 0 Å². The molecule has 0 unspecified atom stereocenters. The number of rotatable bonds is 14. The molecule has 0 atom stereocenters. The van der Waals surface area contributed by atoms with Crippen LogP contribution in [0.2, 0.25) is 0 Å². The first-order chi connectivity index (χ1) is 11.8. The maximum Gasteiger partial charge on any atom is 0.303 e. The Morgan fingerprint density at radius 3 is 2.21 bits per heavy atom. The number of aliphatic carboxylic acids is 1. The highest BCUT2D eigenvalue weighted by atomic mass is 16.4. The molecule has 0 aromatic rings. The average molecular weight is 328 g/mol. The van der Waals surface area contributed by atoms with E-state index in [-0.39, 0.29) is 6.42 Å². The number of allylic oxidation sites excluding steroid dienone is 9. The molecule has 0 fully saturated rings. The Kier molecular flexibility index (Phi) is 17.4. The molecule has 24 heavy (non-hydrogen) atoms. The van der Waals surface area contributed by atoms with Gasteiger partial charge in [0.2, 0.25) is 0 Å². The lowest BCUT2D eigenvalue weighted by Gasteiger charge is -1.94. The van der Waals surface area contributed by atoms with Crippen LogP contribution in [0.5, 0.6) is 0 Å². The second-order valence-electron chi connectivity index (χ2n) is 5.49. The Hall–Kier alpha value is -2.05. The van der Waals surface area contributed by atoms with Gasteiger partial charge in [-0.2, -0.15) is 0 Å². The maximum absolute atomic E-state index is 10.3. The summed E-state index contributed by atoms with van der Waals surface area (Å²) in [5, 5.41) is 8.52. The molecule has 0 aliphatic rings. The fourth-order valence-electron chi connectivity index (χ4n) is 1.94. The molecule has 0 aromatic carbocycles. The highest BCUT2D eigenvalue weighted by Gasteiger charge is 1.94. The fraction of sp³-hybridized carbons (Fsp3) is 0.455. The second-order valence-corrected chi connectivity index (χ2v) is 5.49. The predicted molar refractivity (Wildman–Crippen MR) is 104 cm³/mol. The van der Waals surface area contributed by atoms with Crippen molar-refractivity contribution in [3.63, 3.8) is 0 Å². The van der Waals surface area contributed by atoms with Crippen molar-refractivity contribution >= 4 is 5.97 Å². The number of unbranched alkanes of at least 4 members (excludes halogenated alkanes) is 3. The standard InChI is InChI=1S/C22H32O2/c1-2-3-4-5-6-7-8-9-10-11-12-13-14-15-16-17-18-19-20-21-22(23)24/h3-4,6-7,9-10,12,14-16H,2,5,8,11,17-21H2,1H3,(H,23,24)/b4-3+,7-6+,10-9+,16-15+. The molecule has 2 nitrogen and oxygen atoms in total. The van der Waals surface area contributed by atoms with Gasteiger partial charge >= 0.3 is 5.97 Å². The van der Waals surface area contributed by atoms with Crippen LogP contribution in [0, 0.1) is 0 Å². The van der Waals surface area contributed by atoms with Crippen LogP contribution in [0.1, 0.15) is 64.7 Å². The van der Waals surface area contributed by atoms with E-state index < -0.39 is 5.97 Å². The smallest absolute Gasteiger partial charge is 0.303 e. The molecule has 0 aliphatic carbocycles. The minimum Gasteiger partial charge on any atom is -0.481 e. The first-order valence-corrected chi connectivity index (χ1v) is 9.00. The number of hydrogen-bond donors (Lipinski definition) is 1. The van der Waals surface area contributed by atoms with Crippen LogP contribution in [0.3, 0.4) is 0 Å². The van der Waals surface area contributed by atoms with E-state index in [9.17, 15) is 4.79 Å². The Balaban J connectivity index is 3.56. The summed E-state index contributed by atoms with van der Waals surface area (Å²) in [6, 6.07) is 0. The predicted octanol–water partition coefficient (Wildman–Crippen LogP) is 6.54. The largest absolute Gasteiger partial charge is 0.481 e. The van der Waals surface area contributed by atoms with Crippen LogP contribution in [-0.4, -0.2) is 11.1 Å². The fourth-order valence-corrected chi connectivity index (χ4v) is 1.94. The van der Waals surface area contributed by atoms with E-state index in [4.69, 9.17) is 5.11 Å². The minimum atomic E-state index is -0.701. The van der Waals surface area contributed by atoms with Crippen LogP contribution in [0.15, 0.2) is 66.5 Å². The molecule has 0 aromatic heterocycles. The van der Waals surface area contributed by atoms with Crippen LogP contribution in [-0.2, 0) is 4.79 Å². The van der Waals surface area contributed by atoms with Gasteiger partial charge in [-0.25, -0.2) is 0 Å². The summed E-state index contributed by atoms with van der Waals surface area (Å²) in [6.45, 7) is 2.14. The van der Waals surface area contributed by atoms with E-state index >= 15 is 0 Å². The maximum atomic E-state index is 10.3. The monoisotopic (exact) mass is 328 g/mol. The Morgan fingerprint density at radius 2 is 1.54 bits per heavy atom. The van der Waals surface area contributed by atoms with E-state index in [1.165, 1.54) is 0 Å². The Bertz CT molecular complexity index is 472. The van der Waals surface area contributed by atoms with Gasteiger partial charge in [-0.15, -0.1) is 5.73 Å². The number of carboxylic acid groups (broad SMARTS) is 1. The SMILES string of the molecule is CC/C=C/C/C=C/C/C=C/CC=C=C/C=C/CCCCCC(=O)O. The van der Waals surface area contributed by atoms with Crippen molar-refractivity contribution in [2.24, 2.45) is 0 Å². The molecule has 0 saturated heterocycles. The number of hydrogen-bond acceptors (Lipinski definition) is 1. The molecule has 0 amide bonds. The quantitative estimate of drug-likeness (QED) is 0.170. The van der Waals surface area contributed by atoms with E-state index in [1.807, 2.05) is 18.2 Å². The van der Waals surface area contributed by atoms with Crippen molar-refractivity contribution in [2.45, 2.75) is 64.7 Å². The van der Waals surface area contributed by atoms with Crippen LogP contribution >= 0.6 is 0 Å². The van der Waals surface area contributed by atoms with Gasteiger partial charge in [-0.05, 0) is 57.1 Å². The van der Waals surface area contributed by atoms with Crippen molar-refractivity contribution in [1.82, 2.24) is 0 Å². The summed E-state index contributed by atoms with van der Waals surface area (Å²) in [5.74, 6) is -0.701. The zero-order valence-corrected chi connectivity index (χ0v) is 15.0. The Morgan fingerprint density at radius 1 is 0.875 bits per heavy atom. The van der Waals surface area contributed by atoms with Crippen molar-refractivity contribution in [2.75, 3.05) is 0 Å². The molecule has 0 heterocycles. The molecule has 0 rings (SSSR count). The van der Waals surface area contributed by atoms with Crippen molar-refractivity contribution in [3.8, 4) is 0 Å². The molecule has 0 bridgehead atoms. The van der Waals surface area contributed by atoms with E-state index in [2.05, 4.69) is 55.2 Å². The highest BCUT2D eigenvalue weighted by molar-refractivity contribution is 5.66. The first-order valence-electron chi connectivity index (χ1n) is 9.00. The van der Waals surface area contributed by atoms with Gasteiger partial charge in [0.15, 0.2) is 0 Å². The van der Waals surface area contributed by atoms with Crippen molar-refractivity contribution < 1.29 is 9.90 Å². The van der Waals surface area contributed by atoms with Gasteiger partial charge in [0.05, 0.1) is 0 Å². The Labute approximate surface area is 147 Å². The van der Waals surface area contributed by atoms with Crippen LogP contribution in [0.4, 0.5) is 0 Å². The summed E-state index contributed by atoms with van der Waals surface area (Å²) in [6.07, 6.45) is 29.2. The molecule has 0 spiro atoms. The number of carbonyl (C=O) groups is 1. The van der Waals surface area contributed by atoms with E-state index in [0.29, 0.717) is 0 Å². The zero-order valence-electron chi connectivity index (χ0n) is 15.0. The molecule has 132 valence electrons. The van der Waals surface area contributed by atoms with Crippen molar-refractivity contribution in [3.05, 3.63) is 66.5 Å². The molecule has 0 radical (unpaired) electrons. The molecule has 1 N–H and O–H groups in total. The third-order valence-corrected chi connectivity index (χ3v) is 3.24. The average Bonchev–Trinajstić information content (AvgIpc) is 2.56.